The van der Waals surface area contributed by atoms with E-state index in [0.29, 0.717) is 30.4 Å². The number of nitrogens with one attached hydrogen (secondary N) is 1. The molecule has 1 amide bonds. The minimum absolute atomic E-state index is 0.0605. The summed E-state index contributed by atoms with van der Waals surface area (Å²) in [7, 11) is 0. The normalized spacial score (nSPS) is 9.96. The second-order valence-electron chi connectivity index (χ2n) is 4.38. The molecule has 0 atom stereocenters. The van der Waals surface area contributed by atoms with Crippen LogP contribution >= 0.6 is 0 Å². The van der Waals surface area contributed by atoms with Gasteiger partial charge in [-0.2, -0.15) is 5.26 Å². The van der Waals surface area contributed by atoms with Gasteiger partial charge in [0, 0.05) is 12.1 Å². The molecule has 0 radical (unpaired) electrons. The average Bonchev–Trinajstić information content (AvgIpc) is 3.02. The molecule has 0 aliphatic carbocycles. The number of hydrogen-bond acceptors (Lipinski definition) is 7. The van der Waals surface area contributed by atoms with E-state index >= 15 is 0 Å². The molecule has 1 aromatic heterocycles. The molecule has 0 fully saturated rings. The number of nitrogens with zero attached hydrogens (tertiary/aromatic N) is 5. The molecular formula is C14H16N6O3. The van der Waals surface area contributed by atoms with Gasteiger partial charge in [-0.1, -0.05) is 0 Å². The largest absolute Gasteiger partial charge is 0.490 e. The Morgan fingerprint density at radius 3 is 2.57 bits per heavy atom. The molecule has 0 aliphatic rings. The molecule has 1 aromatic carbocycles. The molecule has 1 N–H and O–H groups in total. The number of carbonyl (C=O) groups excluding carboxylic acids is 1. The maximum absolute atomic E-state index is 12.0. The molecule has 0 aliphatic heterocycles. The van der Waals surface area contributed by atoms with E-state index in [1.165, 1.54) is 11.0 Å². The third-order valence-electron chi connectivity index (χ3n) is 2.78. The molecule has 9 nitrogen and oxygen atoms in total. The average molecular weight is 316 g/mol. The molecular weight excluding hydrogens is 300 g/mol. The zero-order valence-corrected chi connectivity index (χ0v) is 12.8. The van der Waals surface area contributed by atoms with Crippen molar-refractivity contribution in [2.45, 2.75) is 20.4 Å². The van der Waals surface area contributed by atoms with E-state index in [1.807, 2.05) is 19.9 Å². The SMILES string of the molecule is CCOc1cc(C#N)c(NC(=O)Cn2cnnn2)cc1OCC. The maximum atomic E-state index is 12.0. The highest BCUT2D eigenvalue weighted by atomic mass is 16.5. The Morgan fingerprint density at radius 1 is 1.30 bits per heavy atom. The van der Waals surface area contributed by atoms with Crippen molar-refractivity contribution in [3.8, 4) is 17.6 Å². The Labute approximate surface area is 132 Å². The van der Waals surface area contributed by atoms with Crippen molar-refractivity contribution in [2.24, 2.45) is 0 Å². The fourth-order valence-electron chi connectivity index (χ4n) is 1.88. The van der Waals surface area contributed by atoms with Crippen molar-refractivity contribution >= 4 is 11.6 Å². The van der Waals surface area contributed by atoms with Gasteiger partial charge in [-0.05, 0) is 24.3 Å². The lowest BCUT2D eigenvalue weighted by Crippen LogP contribution is -2.20. The zero-order valence-electron chi connectivity index (χ0n) is 12.8. The summed E-state index contributed by atoms with van der Waals surface area (Å²) in [4.78, 5) is 12.0. The van der Waals surface area contributed by atoms with E-state index in [9.17, 15) is 10.1 Å². The van der Waals surface area contributed by atoms with Gasteiger partial charge in [0.15, 0.2) is 11.5 Å². The van der Waals surface area contributed by atoms with Gasteiger partial charge in [0.1, 0.15) is 18.9 Å². The van der Waals surface area contributed by atoms with Crippen molar-refractivity contribution in [3.63, 3.8) is 0 Å². The van der Waals surface area contributed by atoms with E-state index < -0.39 is 0 Å². The molecule has 0 saturated carbocycles. The van der Waals surface area contributed by atoms with Crippen LogP contribution in [0, 0.1) is 11.3 Å². The smallest absolute Gasteiger partial charge is 0.246 e. The molecule has 0 unspecified atom stereocenters. The first-order chi connectivity index (χ1) is 11.2. The highest BCUT2D eigenvalue weighted by Crippen LogP contribution is 2.33. The molecule has 1 heterocycles. The predicted octanol–water partition coefficient (Wildman–Crippen LogP) is 0.981. The second-order valence-corrected chi connectivity index (χ2v) is 4.38. The number of tetrazole rings is 1. The van der Waals surface area contributed by atoms with E-state index in [2.05, 4.69) is 20.8 Å². The standard InChI is InChI=1S/C14H16N6O3/c1-3-22-12-5-10(7-15)11(6-13(12)23-4-2)17-14(21)8-20-9-16-18-19-20/h5-6,9H,3-4,8H2,1-2H3,(H,17,21). The summed E-state index contributed by atoms with van der Waals surface area (Å²) in [5.74, 6) is 0.566. The molecule has 2 rings (SSSR count). The minimum atomic E-state index is -0.361. The number of rotatable bonds is 7. The first-order valence-corrected chi connectivity index (χ1v) is 7.02. The van der Waals surface area contributed by atoms with Gasteiger partial charge in [0.25, 0.3) is 0 Å². The van der Waals surface area contributed by atoms with E-state index in [4.69, 9.17) is 9.47 Å². The van der Waals surface area contributed by atoms with E-state index in [0.717, 1.165) is 0 Å². The van der Waals surface area contributed by atoms with Gasteiger partial charge >= 0.3 is 0 Å². The number of ether oxygens (including phenoxy) is 2. The Balaban J connectivity index is 2.24. The number of benzene rings is 1. The van der Waals surface area contributed by atoms with Gasteiger partial charge < -0.3 is 14.8 Å². The fraction of sp³-hybridized carbons (Fsp3) is 0.357. The lowest BCUT2D eigenvalue weighted by Gasteiger charge is -2.14. The topological polar surface area (TPSA) is 115 Å². The van der Waals surface area contributed by atoms with Crippen LogP contribution in [-0.4, -0.2) is 39.3 Å². The summed E-state index contributed by atoms with van der Waals surface area (Å²) in [6, 6.07) is 5.15. The highest BCUT2D eigenvalue weighted by Gasteiger charge is 2.14. The molecule has 2 aromatic rings. The first-order valence-electron chi connectivity index (χ1n) is 7.02. The Morgan fingerprint density at radius 2 is 2.00 bits per heavy atom. The lowest BCUT2D eigenvalue weighted by molar-refractivity contribution is -0.116. The lowest BCUT2D eigenvalue weighted by atomic mass is 10.1. The van der Waals surface area contributed by atoms with Gasteiger partial charge in [0.05, 0.1) is 24.5 Å². The summed E-state index contributed by atoms with van der Waals surface area (Å²) < 4.78 is 12.2. The molecule has 23 heavy (non-hydrogen) atoms. The monoisotopic (exact) mass is 316 g/mol. The molecule has 0 spiro atoms. The van der Waals surface area contributed by atoms with Crippen LogP contribution in [0.5, 0.6) is 11.5 Å². The summed E-state index contributed by atoms with van der Waals surface area (Å²) in [5, 5.41) is 22.4. The molecule has 0 bridgehead atoms. The third kappa shape index (κ3) is 4.16. The maximum Gasteiger partial charge on any atom is 0.246 e. The van der Waals surface area contributed by atoms with Crippen LogP contribution in [-0.2, 0) is 11.3 Å². The Bertz CT molecular complexity index is 708. The van der Waals surface area contributed by atoms with Gasteiger partial charge in [-0.15, -0.1) is 5.10 Å². The number of hydrogen-bond donors (Lipinski definition) is 1. The van der Waals surface area contributed by atoms with E-state index in [-0.39, 0.29) is 18.0 Å². The zero-order chi connectivity index (χ0) is 16.7. The highest BCUT2D eigenvalue weighted by molar-refractivity contribution is 5.92. The van der Waals surface area contributed by atoms with Crippen molar-refractivity contribution in [3.05, 3.63) is 24.0 Å². The number of carbonyl (C=O) groups is 1. The third-order valence-corrected chi connectivity index (χ3v) is 2.78. The summed E-state index contributed by atoms with van der Waals surface area (Å²) in [6.07, 6.45) is 1.33. The van der Waals surface area contributed by atoms with Crippen LogP contribution in [0.3, 0.4) is 0 Å². The van der Waals surface area contributed by atoms with Gasteiger partial charge in [-0.25, -0.2) is 4.68 Å². The molecule has 120 valence electrons. The van der Waals surface area contributed by atoms with Crippen molar-refractivity contribution in [2.75, 3.05) is 18.5 Å². The number of aromatic nitrogens is 4. The van der Waals surface area contributed by atoms with Crippen LogP contribution in [0.2, 0.25) is 0 Å². The fourth-order valence-corrected chi connectivity index (χ4v) is 1.88. The quantitative estimate of drug-likeness (QED) is 0.809. The number of anilines is 1. The van der Waals surface area contributed by atoms with Crippen LogP contribution in [0.1, 0.15) is 19.4 Å². The van der Waals surface area contributed by atoms with Gasteiger partial charge in [-0.3, -0.25) is 4.79 Å². The number of nitriles is 1. The summed E-state index contributed by atoms with van der Waals surface area (Å²) in [5.41, 5.74) is 0.624. The van der Waals surface area contributed by atoms with Crippen molar-refractivity contribution in [1.82, 2.24) is 20.2 Å². The minimum Gasteiger partial charge on any atom is -0.490 e. The first kappa shape index (κ1) is 16.2. The Hall–Kier alpha value is -3.15. The molecule has 9 heteroatoms. The second kappa shape index (κ2) is 7.74. The van der Waals surface area contributed by atoms with Crippen LogP contribution in [0.25, 0.3) is 0 Å². The van der Waals surface area contributed by atoms with Gasteiger partial charge in [0.2, 0.25) is 5.91 Å². The Kier molecular flexibility index (Phi) is 5.46. The number of amides is 1. The van der Waals surface area contributed by atoms with E-state index in [1.54, 1.807) is 12.1 Å². The van der Waals surface area contributed by atoms with Crippen LogP contribution < -0.4 is 14.8 Å². The van der Waals surface area contributed by atoms with Crippen molar-refractivity contribution < 1.29 is 14.3 Å². The van der Waals surface area contributed by atoms with Crippen molar-refractivity contribution in [1.29, 1.82) is 5.26 Å². The van der Waals surface area contributed by atoms with Crippen LogP contribution in [0.15, 0.2) is 18.5 Å². The van der Waals surface area contributed by atoms with Crippen LogP contribution in [0.4, 0.5) is 5.69 Å². The predicted molar refractivity (Wildman–Crippen MR) is 79.9 cm³/mol. The summed E-state index contributed by atoms with van der Waals surface area (Å²) >= 11 is 0. The molecule has 0 saturated heterocycles. The summed E-state index contributed by atoms with van der Waals surface area (Å²) in [6.45, 7) is 4.49.